The molecule has 0 heterocycles. The lowest BCUT2D eigenvalue weighted by atomic mass is 10.2. The average Bonchev–Trinajstić information content (AvgIpc) is 2.63. The number of carbonyl (C=O) groups is 2. The maximum absolute atomic E-state index is 12.4. The molecule has 118 valence electrons. The second-order valence-corrected chi connectivity index (χ2v) is 5.97. The highest BCUT2D eigenvalue weighted by Crippen LogP contribution is 2.27. The molecule has 0 aliphatic heterocycles. The number of hydrogen-bond donors (Lipinski definition) is 0. The molecule has 0 bridgehead atoms. The van der Waals surface area contributed by atoms with Gasteiger partial charge in [0.2, 0.25) is 5.12 Å². The van der Waals surface area contributed by atoms with E-state index in [1.165, 1.54) is 0 Å². The van der Waals surface area contributed by atoms with Gasteiger partial charge in [0.25, 0.3) is 0 Å². The molecule has 3 aromatic carbocycles. The van der Waals surface area contributed by atoms with Gasteiger partial charge >= 0.3 is 5.97 Å². The van der Waals surface area contributed by atoms with Crippen LogP contribution in [0.3, 0.4) is 0 Å². The van der Waals surface area contributed by atoms with E-state index in [1.807, 2.05) is 24.3 Å². The molecule has 0 radical (unpaired) electrons. The first-order valence-corrected chi connectivity index (χ1v) is 8.19. The Kier molecular flexibility index (Phi) is 5.08. The lowest BCUT2D eigenvalue weighted by Crippen LogP contribution is -2.10. The fraction of sp³-hybridized carbons (Fsp3) is 0. The Morgan fingerprint density at radius 1 is 0.708 bits per heavy atom. The van der Waals surface area contributed by atoms with E-state index in [1.54, 1.807) is 60.7 Å². The van der Waals surface area contributed by atoms with Gasteiger partial charge in [-0.05, 0) is 36.0 Å². The van der Waals surface area contributed by atoms with Crippen molar-refractivity contribution in [2.24, 2.45) is 0 Å². The highest BCUT2D eigenvalue weighted by molar-refractivity contribution is 8.14. The molecule has 0 unspecified atom stereocenters. The van der Waals surface area contributed by atoms with Gasteiger partial charge in [-0.15, -0.1) is 0 Å². The number of benzene rings is 3. The highest BCUT2D eigenvalue weighted by atomic mass is 32.2. The van der Waals surface area contributed by atoms with Gasteiger partial charge in [0, 0.05) is 10.5 Å². The van der Waals surface area contributed by atoms with Crippen molar-refractivity contribution in [3.8, 4) is 5.75 Å². The molecule has 0 saturated carbocycles. The van der Waals surface area contributed by atoms with E-state index in [0.29, 0.717) is 21.8 Å². The summed E-state index contributed by atoms with van der Waals surface area (Å²) in [6.45, 7) is 0. The standard InChI is InChI=1S/C20H14O3S/c21-19(23-16-11-5-2-6-12-16)17-13-7-8-14-18(17)24-20(22)15-9-3-1-4-10-15/h1-14H. The van der Waals surface area contributed by atoms with Gasteiger partial charge in [-0.3, -0.25) is 4.79 Å². The Balaban J connectivity index is 1.80. The van der Waals surface area contributed by atoms with Gasteiger partial charge in [0.1, 0.15) is 5.75 Å². The molecule has 0 aromatic heterocycles. The average molecular weight is 334 g/mol. The first kappa shape index (κ1) is 16.0. The summed E-state index contributed by atoms with van der Waals surface area (Å²) in [7, 11) is 0. The quantitative estimate of drug-likeness (QED) is 0.389. The molecule has 0 atom stereocenters. The largest absolute Gasteiger partial charge is 0.423 e. The van der Waals surface area contributed by atoms with Crippen molar-refractivity contribution < 1.29 is 14.3 Å². The van der Waals surface area contributed by atoms with Crippen LogP contribution in [0.1, 0.15) is 20.7 Å². The molecule has 0 aliphatic rings. The Labute approximate surface area is 144 Å². The number of para-hydroxylation sites is 1. The summed E-state index contributed by atoms with van der Waals surface area (Å²) < 4.78 is 5.36. The predicted molar refractivity (Wildman–Crippen MR) is 94.5 cm³/mol. The van der Waals surface area contributed by atoms with Crippen LogP contribution in [0.5, 0.6) is 5.75 Å². The van der Waals surface area contributed by atoms with Crippen molar-refractivity contribution in [2.75, 3.05) is 0 Å². The van der Waals surface area contributed by atoms with E-state index in [9.17, 15) is 9.59 Å². The van der Waals surface area contributed by atoms with Crippen LogP contribution in [0.25, 0.3) is 0 Å². The van der Waals surface area contributed by atoms with Crippen LogP contribution in [0.4, 0.5) is 0 Å². The van der Waals surface area contributed by atoms with Crippen molar-refractivity contribution in [1.82, 2.24) is 0 Å². The van der Waals surface area contributed by atoms with Crippen LogP contribution in [0, 0.1) is 0 Å². The van der Waals surface area contributed by atoms with Crippen molar-refractivity contribution >= 4 is 22.8 Å². The summed E-state index contributed by atoms with van der Waals surface area (Å²) >= 11 is 1.02. The monoisotopic (exact) mass is 334 g/mol. The number of rotatable bonds is 4. The lowest BCUT2D eigenvalue weighted by Gasteiger charge is -2.08. The molecule has 3 nitrogen and oxygen atoms in total. The van der Waals surface area contributed by atoms with Gasteiger partial charge in [0.15, 0.2) is 0 Å². The van der Waals surface area contributed by atoms with Crippen LogP contribution >= 0.6 is 11.8 Å². The molecule has 0 spiro atoms. The fourth-order valence-corrected chi connectivity index (χ4v) is 2.97. The summed E-state index contributed by atoms with van der Waals surface area (Å²) in [6, 6.07) is 24.8. The zero-order chi connectivity index (χ0) is 16.8. The summed E-state index contributed by atoms with van der Waals surface area (Å²) in [5.74, 6) is -0.0122. The number of ether oxygens (including phenoxy) is 1. The predicted octanol–water partition coefficient (Wildman–Crippen LogP) is 4.84. The summed E-state index contributed by atoms with van der Waals surface area (Å²) in [4.78, 5) is 25.3. The first-order valence-electron chi connectivity index (χ1n) is 7.37. The second-order valence-electron chi connectivity index (χ2n) is 4.95. The number of esters is 1. The van der Waals surface area contributed by atoms with Gasteiger partial charge in [-0.25, -0.2) is 4.79 Å². The molecule has 0 saturated heterocycles. The maximum atomic E-state index is 12.4. The minimum atomic E-state index is -0.481. The van der Waals surface area contributed by atoms with Gasteiger partial charge in [0.05, 0.1) is 5.56 Å². The third-order valence-corrected chi connectivity index (χ3v) is 4.27. The molecule has 0 amide bonds. The number of carbonyl (C=O) groups excluding carboxylic acids is 2. The third kappa shape index (κ3) is 3.91. The van der Waals surface area contributed by atoms with Gasteiger partial charge in [-0.2, -0.15) is 0 Å². The smallest absolute Gasteiger partial charge is 0.344 e. The van der Waals surface area contributed by atoms with Crippen LogP contribution in [-0.4, -0.2) is 11.1 Å². The molecule has 24 heavy (non-hydrogen) atoms. The minimum absolute atomic E-state index is 0.115. The lowest BCUT2D eigenvalue weighted by molar-refractivity contribution is 0.0731. The van der Waals surface area contributed by atoms with E-state index in [-0.39, 0.29) is 5.12 Å². The Bertz CT molecular complexity index is 845. The Morgan fingerprint density at radius 3 is 2.00 bits per heavy atom. The van der Waals surface area contributed by atoms with Crippen LogP contribution in [0.2, 0.25) is 0 Å². The SMILES string of the molecule is O=C(Sc1ccccc1C(=O)Oc1ccccc1)c1ccccc1. The van der Waals surface area contributed by atoms with E-state index in [4.69, 9.17) is 4.74 Å². The molecule has 4 heteroatoms. The van der Waals surface area contributed by atoms with Crippen LogP contribution in [-0.2, 0) is 0 Å². The van der Waals surface area contributed by atoms with Gasteiger partial charge < -0.3 is 4.74 Å². The molecule has 3 rings (SSSR count). The van der Waals surface area contributed by atoms with E-state index in [0.717, 1.165) is 11.8 Å². The van der Waals surface area contributed by atoms with Crippen molar-refractivity contribution in [3.63, 3.8) is 0 Å². The Hall–Kier alpha value is -2.85. The van der Waals surface area contributed by atoms with E-state index in [2.05, 4.69) is 0 Å². The van der Waals surface area contributed by atoms with E-state index < -0.39 is 5.97 Å². The topological polar surface area (TPSA) is 43.4 Å². The minimum Gasteiger partial charge on any atom is -0.423 e. The molecule has 0 aliphatic carbocycles. The van der Waals surface area contributed by atoms with Crippen molar-refractivity contribution in [3.05, 3.63) is 96.1 Å². The highest BCUT2D eigenvalue weighted by Gasteiger charge is 2.17. The third-order valence-electron chi connectivity index (χ3n) is 3.27. The maximum Gasteiger partial charge on any atom is 0.344 e. The summed E-state index contributed by atoms with van der Waals surface area (Å²) in [6.07, 6.45) is 0. The molecule has 3 aromatic rings. The van der Waals surface area contributed by atoms with Crippen LogP contribution in [0.15, 0.2) is 89.8 Å². The number of thioether (sulfide) groups is 1. The normalized spacial score (nSPS) is 10.2. The fourth-order valence-electron chi connectivity index (χ4n) is 2.11. The zero-order valence-electron chi connectivity index (χ0n) is 12.7. The molecule has 0 N–H and O–H groups in total. The van der Waals surface area contributed by atoms with E-state index >= 15 is 0 Å². The van der Waals surface area contributed by atoms with Gasteiger partial charge in [-0.1, -0.05) is 60.7 Å². The molecule has 0 fully saturated rings. The summed E-state index contributed by atoms with van der Waals surface area (Å²) in [5.41, 5.74) is 0.962. The Morgan fingerprint density at radius 2 is 1.29 bits per heavy atom. The molecular weight excluding hydrogens is 320 g/mol. The van der Waals surface area contributed by atoms with Crippen LogP contribution < -0.4 is 4.74 Å². The first-order chi connectivity index (χ1) is 11.7. The van der Waals surface area contributed by atoms with Crippen molar-refractivity contribution in [1.29, 1.82) is 0 Å². The molecular formula is C20H14O3S. The number of hydrogen-bond acceptors (Lipinski definition) is 4. The zero-order valence-corrected chi connectivity index (χ0v) is 13.5. The second kappa shape index (κ2) is 7.62. The summed E-state index contributed by atoms with van der Waals surface area (Å²) in [5, 5.41) is -0.115. The van der Waals surface area contributed by atoms with Crippen molar-refractivity contribution in [2.45, 2.75) is 4.90 Å².